The van der Waals surface area contributed by atoms with Gasteiger partial charge in [0.05, 0.1) is 5.02 Å². The van der Waals surface area contributed by atoms with Gasteiger partial charge in [-0.1, -0.05) is 11.6 Å². The van der Waals surface area contributed by atoms with Gasteiger partial charge in [0.15, 0.2) is 0 Å². The molecule has 0 saturated carbocycles. The van der Waals surface area contributed by atoms with E-state index in [-0.39, 0.29) is 11.6 Å². The van der Waals surface area contributed by atoms with Gasteiger partial charge in [0.25, 0.3) is 0 Å². The Balaban J connectivity index is 2.58. The first-order valence-electron chi connectivity index (χ1n) is 4.13. The molecule has 0 bridgehead atoms. The zero-order valence-electron chi connectivity index (χ0n) is 7.74. The molecule has 0 aromatic heterocycles. The van der Waals surface area contributed by atoms with Gasteiger partial charge >= 0.3 is 0 Å². The first-order valence-corrected chi connectivity index (χ1v) is 4.51. The summed E-state index contributed by atoms with van der Waals surface area (Å²) in [6.45, 7) is -0.0721. The fraction of sp³-hybridized carbons (Fsp3) is 0.222. The third kappa shape index (κ3) is 3.38. The Morgan fingerprint density at radius 2 is 2.27 bits per heavy atom. The van der Waals surface area contributed by atoms with Gasteiger partial charge in [0.1, 0.15) is 24.2 Å². The molecular formula is C9H10ClFN2O2. The second-order valence-electron chi connectivity index (χ2n) is 2.90. The zero-order valence-corrected chi connectivity index (χ0v) is 8.50. The molecule has 0 aliphatic heterocycles. The van der Waals surface area contributed by atoms with E-state index in [4.69, 9.17) is 27.8 Å². The molecule has 0 heterocycles. The van der Waals surface area contributed by atoms with Crippen LogP contribution in [0.25, 0.3) is 0 Å². The number of halogens is 2. The van der Waals surface area contributed by atoms with Gasteiger partial charge in [0, 0.05) is 6.07 Å². The summed E-state index contributed by atoms with van der Waals surface area (Å²) in [6, 6.07) is 2.95. The maximum absolute atomic E-state index is 12.7. The molecule has 0 saturated heterocycles. The molecular weight excluding hydrogens is 223 g/mol. The van der Waals surface area contributed by atoms with Crippen molar-refractivity contribution in [1.82, 2.24) is 0 Å². The highest BCUT2D eigenvalue weighted by Gasteiger charge is 2.10. The van der Waals surface area contributed by atoms with Gasteiger partial charge in [-0.2, -0.15) is 0 Å². The highest BCUT2D eigenvalue weighted by Crippen LogP contribution is 2.20. The molecule has 0 fully saturated rings. The molecule has 0 radical (unpaired) electrons. The minimum absolute atomic E-state index is 0.0554. The molecule has 1 unspecified atom stereocenters. The summed E-state index contributed by atoms with van der Waals surface area (Å²) >= 11 is 5.51. The van der Waals surface area contributed by atoms with Crippen molar-refractivity contribution >= 4 is 17.5 Å². The van der Waals surface area contributed by atoms with E-state index in [9.17, 15) is 9.18 Å². The molecule has 1 amide bonds. The number of nitrogens with two attached hydrogens (primary N) is 2. The van der Waals surface area contributed by atoms with Gasteiger partial charge in [-0.3, -0.25) is 4.79 Å². The van der Waals surface area contributed by atoms with E-state index in [2.05, 4.69) is 0 Å². The van der Waals surface area contributed by atoms with E-state index in [0.29, 0.717) is 5.75 Å². The molecule has 1 aromatic rings. The predicted molar refractivity (Wildman–Crippen MR) is 54.1 cm³/mol. The van der Waals surface area contributed by atoms with Crippen LogP contribution in [0.5, 0.6) is 5.75 Å². The number of ether oxygens (including phenoxy) is 1. The third-order valence-corrected chi connectivity index (χ3v) is 1.98. The lowest BCUT2D eigenvalue weighted by Crippen LogP contribution is -2.41. The number of hydrogen-bond donors (Lipinski definition) is 2. The lowest BCUT2D eigenvalue weighted by Gasteiger charge is -2.10. The summed E-state index contributed by atoms with van der Waals surface area (Å²) in [4.78, 5) is 10.6. The van der Waals surface area contributed by atoms with Crippen LogP contribution in [-0.4, -0.2) is 18.6 Å². The molecule has 1 rings (SSSR count). The Bertz CT molecular complexity index is 373. The normalized spacial score (nSPS) is 12.2. The highest BCUT2D eigenvalue weighted by atomic mass is 35.5. The lowest BCUT2D eigenvalue weighted by molar-refractivity contribution is -0.119. The Morgan fingerprint density at radius 3 is 2.80 bits per heavy atom. The minimum Gasteiger partial charge on any atom is -0.491 e. The fourth-order valence-electron chi connectivity index (χ4n) is 0.835. The van der Waals surface area contributed by atoms with Crippen molar-refractivity contribution in [3.8, 4) is 5.75 Å². The topological polar surface area (TPSA) is 78.3 Å². The Kier molecular flexibility index (Phi) is 3.88. The summed E-state index contributed by atoms with van der Waals surface area (Å²) in [5.74, 6) is -0.871. The van der Waals surface area contributed by atoms with Gasteiger partial charge in [-0.05, 0) is 12.1 Å². The van der Waals surface area contributed by atoms with Crippen LogP contribution in [-0.2, 0) is 4.79 Å². The number of hydrogen-bond acceptors (Lipinski definition) is 3. The van der Waals surface area contributed by atoms with Crippen LogP contribution < -0.4 is 16.2 Å². The second kappa shape index (κ2) is 4.95. The van der Waals surface area contributed by atoms with Crippen LogP contribution in [0.4, 0.5) is 4.39 Å². The Morgan fingerprint density at radius 1 is 1.60 bits per heavy atom. The van der Waals surface area contributed by atoms with E-state index < -0.39 is 17.8 Å². The minimum atomic E-state index is -0.895. The van der Waals surface area contributed by atoms with Crippen LogP contribution in [0.1, 0.15) is 0 Å². The number of primary amides is 1. The monoisotopic (exact) mass is 232 g/mol. The molecule has 4 nitrogen and oxygen atoms in total. The average molecular weight is 233 g/mol. The fourth-order valence-corrected chi connectivity index (χ4v) is 1.01. The van der Waals surface area contributed by atoms with E-state index in [1.54, 1.807) is 0 Å². The number of carbonyl (C=O) groups excluding carboxylic acids is 1. The molecule has 0 aliphatic carbocycles. The number of carbonyl (C=O) groups is 1. The van der Waals surface area contributed by atoms with Gasteiger partial charge in [-0.25, -0.2) is 4.39 Å². The largest absolute Gasteiger partial charge is 0.491 e. The summed E-state index contributed by atoms with van der Waals surface area (Å²) in [5.41, 5.74) is 10.2. The molecule has 1 aromatic carbocycles. The maximum Gasteiger partial charge on any atom is 0.237 e. The zero-order chi connectivity index (χ0) is 11.4. The first-order chi connectivity index (χ1) is 7.00. The maximum atomic E-state index is 12.7. The number of rotatable bonds is 4. The van der Waals surface area contributed by atoms with Crippen LogP contribution in [0.3, 0.4) is 0 Å². The number of amides is 1. The van der Waals surface area contributed by atoms with Crippen LogP contribution in [0.15, 0.2) is 18.2 Å². The summed E-state index contributed by atoms with van der Waals surface area (Å²) in [6.07, 6.45) is 0. The van der Waals surface area contributed by atoms with Gasteiger partial charge < -0.3 is 16.2 Å². The van der Waals surface area contributed by atoms with Gasteiger partial charge in [-0.15, -0.1) is 0 Å². The molecule has 0 aliphatic rings. The molecule has 0 spiro atoms. The summed E-state index contributed by atoms with van der Waals surface area (Å²) in [7, 11) is 0. The van der Waals surface area contributed by atoms with Crippen molar-refractivity contribution < 1.29 is 13.9 Å². The molecule has 4 N–H and O–H groups in total. The quantitative estimate of drug-likeness (QED) is 0.801. The average Bonchev–Trinajstić information content (AvgIpc) is 2.19. The van der Waals surface area contributed by atoms with Crippen molar-refractivity contribution in [2.75, 3.05) is 6.61 Å². The van der Waals surface area contributed by atoms with Crippen LogP contribution in [0.2, 0.25) is 5.02 Å². The van der Waals surface area contributed by atoms with E-state index in [1.165, 1.54) is 12.1 Å². The highest BCUT2D eigenvalue weighted by molar-refractivity contribution is 6.30. The van der Waals surface area contributed by atoms with E-state index >= 15 is 0 Å². The summed E-state index contributed by atoms with van der Waals surface area (Å²) in [5, 5.41) is -0.0554. The second-order valence-corrected chi connectivity index (χ2v) is 3.30. The predicted octanol–water partition coefficient (Wildman–Crippen LogP) is 0.671. The molecule has 82 valence electrons. The van der Waals surface area contributed by atoms with Crippen molar-refractivity contribution in [3.05, 3.63) is 29.0 Å². The summed E-state index contributed by atoms with van der Waals surface area (Å²) < 4.78 is 17.8. The standard InChI is InChI=1S/C9H10ClFN2O2/c10-6-3-5(1-2-7(6)11)15-4-8(12)9(13)14/h1-3,8H,4,12H2,(H2,13,14). The Labute approximate surface area is 90.9 Å². The van der Waals surface area contributed by atoms with Crippen LogP contribution >= 0.6 is 11.6 Å². The third-order valence-electron chi connectivity index (χ3n) is 1.69. The number of benzene rings is 1. The van der Waals surface area contributed by atoms with Crippen molar-refractivity contribution in [2.24, 2.45) is 11.5 Å². The van der Waals surface area contributed by atoms with Crippen molar-refractivity contribution in [3.63, 3.8) is 0 Å². The van der Waals surface area contributed by atoms with E-state index in [1.807, 2.05) is 0 Å². The van der Waals surface area contributed by atoms with E-state index in [0.717, 1.165) is 6.07 Å². The molecule has 6 heteroatoms. The first kappa shape index (κ1) is 11.7. The molecule has 15 heavy (non-hydrogen) atoms. The Hall–Kier alpha value is -1.33. The lowest BCUT2D eigenvalue weighted by atomic mass is 10.3. The molecule has 1 atom stereocenters. The van der Waals surface area contributed by atoms with Crippen LogP contribution in [0, 0.1) is 5.82 Å². The SMILES string of the molecule is NC(=O)C(N)COc1ccc(F)c(Cl)c1. The van der Waals surface area contributed by atoms with Crippen molar-refractivity contribution in [1.29, 1.82) is 0 Å². The smallest absolute Gasteiger partial charge is 0.237 e. The van der Waals surface area contributed by atoms with Gasteiger partial charge in [0.2, 0.25) is 5.91 Å². The van der Waals surface area contributed by atoms with Crippen molar-refractivity contribution in [2.45, 2.75) is 6.04 Å².